The number of rotatable bonds is 8. The minimum Gasteiger partial charge on any atom is -0.657 e. The standard InChI is InChI=1S/2C44H28N4.2C2H6O.H2O.2Ru/c2*1-5-13-29(14-6-1)41-33-21-23-35(45-33)42(30-15-7-2-8-16-30)37-25-27-39(47-37)44(32-19-11-4-12-20-32)40-28-26-38(48-40)43(31-17-9-3-10-18-31)36-24-22-34(41)46-36;2*1-2-3;;;/h2*1-28H;2*3H,2H2,1H3;1H2;;/q2*-2;;;;2*+2. The van der Waals surface area contributed by atoms with Gasteiger partial charge >= 0.3 is 39.0 Å². The van der Waals surface area contributed by atoms with E-state index in [0.29, 0.717) is 0 Å². The molecule has 0 aliphatic carbocycles. The Bertz CT molecular complexity index is 4780. The van der Waals surface area contributed by atoms with Gasteiger partial charge in [-0.05, 0) is 151 Å². The molecule has 105 heavy (non-hydrogen) atoms. The average Bonchev–Trinajstić information content (AvgIpc) is 1.62. The zero-order chi connectivity index (χ0) is 69.1. The fourth-order valence-electron chi connectivity index (χ4n) is 13.4. The molecule has 0 amide bonds. The van der Waals surface area contributed by atoms with Crippen molar-refractivity contribution in [2.75, 3.05) is 13.2 Å². The van der Waals surface area contributed by atoms with Gasteiger partial charge in [0.15, 0.2) is 0 Å². The molecule has 16 bridgehead atoms. The third kappa shape index (κ3) is 15.4. The maximum atomic E-state index is 7.57. The van der Waals surface area contributed by atoms with E-state index in [4.69, 9.17) is 50.1 Å². The van der Waals surface area contributed by atoms with Crippen molar-refractivity contribution in [3.63, 3.8) is 0 Å². The maximum absolute atomic E-state index is 7.57. The number of aliphatic hydroxyl groups is 2. The van der Waals surface area contributed by atoms with Crippen molar-refractivity contribution in [3.05, 3.63) is 337 Å². The van der Waals surface area contributed by atoms with Crippen LogP contribution in [0, 0.1) is 0 Å². The molecule has 0 radical (unpaired) electrons. The van der Waals surface area contributed by atoms with Gasteiger partial charge in [0.1, 0.15) is 0 Å². The molecule has 0 saturated carbocycles. The molecule has 8 aromatic carbocycles. The van der Waals surface area contributed by atoms with E-state index in [1.165, 1.54) is 0 Å². The van der Waals surface area contributed by atoms with Crippen molar-refractivity contribution < 1.29 is 54.6 Å². The second kappa shape index (κ2) is 33.9. The average molecular weight is 1540 g/mol. The van der Waals surface area contributed by atoms with Crippen LogP contribution in [0.1, 0.15) is 59.4 Å². The Balaban J connectivity index is 0.000000179. The van der Waals surface area contributed by atoms with Crippen LogP contribution in [-0.2, 0) is 39.0 Å². The van der Waals surface area contributed by atoms with Crippen molar-refractivity contribution in [3.8, 4) is 89.0 Å². The molecule has 0 fully saturated rings. The van der Waals surface area contributed by atoms with Gasteiger partial charge < -0.3 is 35.6 Å². The summed E-state index contributed by atoms with van der Waals surface area (Å²) in [5.74, 6) is 0. The minimum absolute atomic E-state index is 0. The van der Waals surface area contributed by atoms with Crippen molar-refractivity contribution in [2.24, 2.45) is 0 Å². The van der Waals surface area contributed by atoms with Crippen molar-refractivity contribution >= 4 is 92.7 Å². The molecule has 11 nitrogen and oxygen atoms in total. The number of aliphatic hydroxyl groups excluding tert-OH is 2. The molecular weight excluding hydrogens is 1470 g/mol. The second-order valence-corrected chi connectivity index (χ2v) is 24.3. The molecule has 6 aromatic heterocycles. The predicted molar refractivity (Wildman–Crippen MR) is 426 cm³/mol. The smallest absolute Gasteiger partial charge is 0.657 e. The Kier molecular flexibility index (Phi) is 23.5. The Labute approximate surface area is 635 Å². The fraction of sp³-hybridized carbons (Fsp3) is 0.0435. The van der Waals surface area contributed by atoms with E-state index < -0.39 is 0 Å². The zero-order valence-electron chi connectivity index (χ0n) is 57.4. The number of benzene rings is 8. The van der Waals surface area contributed by atoms with Gasteiger partial charge in [-0.25, -0.2) is 19.9 Å². The molecule has 4 N–H and O–H groups in total. The Morgan fingerprint density at radius 2 is 0.305 bits per heavy atom. The third-order valence-electron chi connectivity index (χ3n) is 17.7. The molecular formula is C92H70N8O3Ru2. The normalized spacial score (nSPS) is 11.3. The number of fused-ring (bicyclic) bond motifs is 16. The van der Waals surface area contributed by atoms with Crippen LogP contribution in [0.15, 0.2) is 291 Å². The second-order valence-electron chi connectivity index (χ2n) is 24.3. The van der Waals surface area contributed by atoms with Crippen molar-refractivity contribution in [1.82, 2.24) is 39.9 Å². The molecule has 512 valence electrons. The van der Waals surface area contributed by atoms with E-state index in [1.807, 2.05) is 48.5 Å². The Morgan fingerprint density at radius 3 is 0.410 bits per heavy atom. The Morgan fingerprint density at radius 1 is 0.200 bits per heavy atom. The van der Waals surface area contributed by atoms with Gasteiger partial charge in [0.2, 0.25) is 0 Å². The van der Waals surface area contributed by atoms with Crippen molar-refractivity contribution in [1.29, 1.82) is 0 Å². The molecule has 0 spiro atoms. The zero-order valence-corrected chi connectivity index (χ0v) is 60.9. The van der Waals surface area contributed by atoms with Crippen LogP contribution < -0.4 is 19.9 Å². The maximum Gasteiger partial charge on any atom is 2.00 e. The molecule has 0 saturated heterocycles. The van der Waals surface area contributed by atoms with Crippen LogP contribution in [0.4, 0.5) is 0 Å². The summed E-state index contributed by atoms with van der Waals surface area (Å²) in [7, 11) is 0. The molecule has 13 heteroatoms. The minimum atomic E-state index is 0. The molecule has 4 aliphatic rings. The molecule has 0 unspecified atom stereocenters. The van der Waals surface area contributed by atoms with E-state index in [-0.39, 0.29) is 57.6 Å². The van der Waals surface area contributed by atoms with Crippen LogP contribution in [0.5, 0.6) is 0 Å². The largest absolute Gasteiger partial charge is 2.00 e. The molecule has 10 heterocycles. The van der Waals surface area contributed by atoms with Gasteiger partial charge in [-0.15, -0.1) is 44.1 Å². The van der Waals surface area contributed by atoms with Crippen LogP contribution in [0.3, 0.4) is 0 Å². The summed E-state index contributed by atoms with van der Waals surface area (Å²) in [6, 6.07) is 100. The van der Waals surface area contributed by atoms with Crippen LogP contribution in [0.2, 0.25) is 0 Å². The number of hydrogen-bond acceptors (Lipinski definition) is 6. The quantitative estimate of drug-likeness (QED) is 0.139. The SMILES string of the molecule is C1=Cc2nc1c(-c1ccccc1)c1ccc([n-]1)c(-c1ccccc1)c1nc(c(-c3ccccc3)c3ccc([n-]3)c2-c2ccccc2)C=C1.C1=Cc2nc1c(-c1ccccc1)c1ccc([n-]1)c(-c1ccccc1)c1nc(c(-c3ccccc3)c3ccc([n-]3)c2-c2ccccc2)C=C1.CCO.CCO.O.[Ru+2].[Ru+2]. The van der Waals surface area contributed by atoms with Crippen LogP contribution >= 0.6 is 0 Å². The van der Waals surface area contributed by atoms with Gasteiger partial charge in [-0.2, -0.15) is 0 Å². The first-order valence-corrected chi connectivity index (χ1v) is 34.2. The topological polar surface area (TPSA) is 180 Å². The monoisotopic (exact) mass is 1540 g/mol. The van der Waals surface area contributed by atoms with Crippen LogP contribution in [0.25, 0.3) is 182 Å². The summed E-state index contributed by atoms with van der Waals surface area (Å²) in [5, 5.41) is 15.1. The predicted octanol–water partition coefficient (Wildman–Crippen LogP) is 20.3. The molecule has 18 rings (SSSR count). The first-order valence-electron chi connectivity index (χ1n) is 34.2. The van der Waals surface area contributed by atoms with Gasteiger partial charge in [-0.1, -0.05) is 291 Å². The van der Waals surface area contributed by atoms with E-state index in [0.717, 1.165) is 179 Å². The fourth-order valence-corrected chi connectivity index (χ4v) is 13.4. The van der Waals surface area contributed by atoms with Gasteiger partial charge in [0.05, 0.1) is 45.6 Å². The summed E-state index contributed by atoms with van der Waals surface area (Å²) in [4.78, 5) is 42.5. The number of hydrogen-bond donors (Lipinski definition) is 2. The third-order valence-corrected chi connectivity index (χ3v) is 17.7. The van der Waals surface area contributed by atoms with E-state index >= 15 is 0 Å². The molecule has 4 aliphatic heterocycles. The summed E-state index contributed by atoms with van der Waals surface area (Å²) in [5.41, 5.74) is 30.0. The van der Waals surface area contributed by atoms with E-state index in [9.17, 15) is 0 Å². The number of nitrogens with zero attached hydrogens (tertiary/aromatic N) is 8. The first-order chi connectivity index (χ1) is 50.4. The number of aromatic nitrogens is 8. The Hall–Kier alpha value is -11.9. The molecule has 0 atom stereocenters. The summed E-state index contributed by atoms with van der Waals surface area (Å²) >= 11 is 0. The first kappa shape index (κ1) is 72.9. The molecule has 14 aromatic rings. The van der Waals surface area contributed by atoms with Gasteiger partial charge in [0.25, 0.3) is 0 Å². The van der Waals surface area contributed by atoms with E-state index in [2.05, 4.69) is 291 Å². The van der Waals surface area contributed by atoms with Gasteiger partial charge in [0, 0.05) is 13.2 Å². The van der Waals surface area contributed by atoms with Crippen molar-refractivity contribution in [2.45, 2.75) is 13.8 Å². The summed E-state index contributed by atoms with van der Waals surface area (Å²) in [6.07, 6.45) is 16.8. The van der Waals surface area contributed by atoms with E-state index in [1.54, 1.807) is 13.8 Å². The van der Waals surface area contributed by atoms with Gasteiger partial charge in [-0.3, -0.25) is 0 Å². The van der Waals surface area contributed by atoms with Crippen LogP contribution in [-0.4, -0.2) is 48.8 Å². The summed E-state index contributed by atoms with van der Waals surface area (Å²) in [6.45, 7) is 3.86. The summed E-state index contributed by atoms with van der Waals surface area (Å²) < 4.78 is 0.